The predicted molar refractivity (Wildman–Crippen MR) is 146 cm³/mol. The van der Waals surface area contributed by atoms with Gasteiger partial charge in [-0.2, -0.15) is 0 Å². The second-order valence-corrected chi connectivity index (χ2v) is 10.4. The molecule has 192 valence electrons. The van der Waals surface area contributed by atoms with Crippen LogP contribution in [0.2, 0.25) is 0 Å². The Morgan fingerprint density at radius 1 is 0.784 bits per heavy atom. The van der Waals surface area contributed by atoms with Crippen molar-refractivity contribution in [3.05, 3.63) is 96.1 Å². The molecule has 3 aromatic carbocycles. The number of esters is 1. The molecule has 1 aliphatic rings. The van der Waals surface area contributed by atoms with Crippen LogP contribution >= 0.6 is 0 Å². The van der Waals surface area contributed by atoms with Crippen LogP contribution in [0.5, 0.6) is 0 Å². The monoisotopic (exact) mass is 496 g/mol. The van der Waals surface area contributed by atoms with Crippen LogP contribution in [-0.4, -0.2) is 17.5 Å². The van der Waals surface area contributed by atoms with Gasteiger partial charge in [-0.05, 0) is 54.9 Å². The molecule has 1 unspecified atom stereocenters. The minimum Gasteiger partial charge on any atom is -0.461 e. The van der Waals surface area contributed by atoms with E-state index in [2.05, 4.69) is 36.4 Å². The van der Waals surface area contributed by atoms with Crippen molar-refractivity contribution < 1.29 is 19.1 Å². The van der Waals surface area contributed by atoms with Gasteiger partial charge in [0.05, 0.1) is 5.92 Å². The highest BCUT2D eigenvalue weighted by Gasteiger charge is 2.41. The molecule has 3 aromatic rings. The Morgan fingerprint density at radius 3 is 2.00 bits per heavy atom. The fraction of sp³-hybridized carbons (Fsp3) is 0.364. The lowest BCUT2D eigenvalue weighted by Gasteiger charge is -2.27. The third kappa shape index (κ3) is 7.25. The van der Waals surface area contributed by atoms with Crippen LogP contribution in [0.3, 0.4) is 0 Å². The van der Waals surface area contributed by atoms with Crippen molar-refractivity contribution in [2.45, 2.75) is 64.9 Å². The summed E-state index contributed by atoms with van der Waals surface area (Å²) in [4.78, 5) is 38.5. The van der Waals surface area contributed by atoms with Gasteiger partial charge in [0.15, 0.2) is 0 Å². The van der Waals surface area contributed by atoms with Crippen molar-refractivity contribution in [3.8, 4) is 11.1 Å². The van der Waals surface area contributed by atoms with E-state index in [1.807, 2.05) is 48.5 Å². The normalized spacial score (nSPS) is 15.2. The summed E-state index contributed by atoms with van der Waals surface area (Å²) in [5.74, 6) is -0.519. The number of carbonyl (C=O) groups is 3. The SMILES string of the molecule is CC(=O)CC1(C(=O)CCC(Cc2ccc(-c3ccccc3)cc2)C(=O)OCc2ccccc2)CCCC1. The topological polar surface area (TPSA) is 60.4 Å². The predicted octanol–water partition coefficient (Wildman–Crippen LogP) is 7.14. The summed E-state index contributed by atoms with van der Waals surface area (Å²) in [6.45, 7) is 1.78. The van der Waals surface area contributed by atoms with Crippen LogP contribution in [0.4, 0.5) is 0 Å². The van der Waals surface area contributed by atoms with E-state index in [1.165, 1.54) is 0 Å². The summed E-state index contributed by atoms with van der Waals surface area (Å²) in [5, 5.41) is 0. The third-order valence-electron chi connectivity index (χ3n) is 7.56. The van der Waals surface area contributed by atoms with E-state index in [1.54, 1.807) is 6.92 Å². The smallest absolute Gasteiger partial charge is 0.309 e. The van der Waals surface area contributed by atoms with Crippen LogP contribution in [0.15, 0.2) is 84.9 Å². The summed E-state index contributed by atoms with van der Waals surface area (Å²) in [7, 11) is 0. The van der Waals surface area contributed by atoms with E-state index in [0.29, 0.717) is 25.7 Å². The Bertz CT molecular complexity index is 1180. The number of hydrogen-bond donors (Lipinski definition) is 0. The maximum absolute atomic E-state index is 13.4. The highest BCUT2D eigenvalue weighted by molar-refractivity contribution is 5.90. The summed E-state index contributed by atoms with van der Waals surface area (Å²) >= 11 is 0. The lowest BCUT2D eigenvalue weighted by Crippen LogP contribution is -2.31. The minimum absolute atomic E-state index is 0.0626. The molecule has 4 nitrogen and oxygen atoms in total. The zero-order chi connectivity index (χ0) is 26.1. The van der Waals surface area contributed by atoms with Crippen molar-refractivity contribution in [3.63, 3.8) is 0 Å². The second-order valence-electron chi connectivity index (χ2n) is 10.4. The molecule has 0 saturated heterocycles. The number of carbonyl (C=O) groups excluding carboxylic acids is 3. The highest BCUT2D eigenvalue weighted by atomic mass is 16.5. The van der Waals surface area contributed by atoms with Crippen LogP contribution in [0.1, 0.15) is 63.0 Å². The van der Waals surface area contributed by atoms with Crippen LogP contribution in [-0.2, 0) is 32.1 Å². The van der Waals surface area contributed by atoms with Crippen molar-refractivity contribution in [1.82, 2.24) is 0 Å². The molecule has 0 N–H and O–H groups in total. The van der Waals surface area contributed by atoms with Gasteiger partial charge in [0.2, 0.25) is 0 Å². The van der Waals surface area contributed by atoms with Gasteiger partial charge in [0.25, 0.3) is 0 Å². The van der Waals surface area contributed by atoms with Gasteiger partial charge >= 0.3 is 5.97 Å². The van der Waals surface area contributed by atoms with Crippen molar-refractivity contribution in [2.75, 3.05) is 0 Å². The Balaban J connectivity index is 1.46. The van der Waals surface area contributed by atoms with Gasteiger partial charge in [-0.1, -0.05) is 97.8 Å². The number of ketones is 2. The summed E-state index contributed by atoms with van der Waals surface area (Å²) in [6.07, 6.45) is 5.05. The Labute approximate surface area is 220 Å². The van der Waals surface area contributed by atoms with Crippen LogP contribution in [0, 0.1) is 11.3 Å². The van der Waals surface area contributed by atoms with Gasteiger partial charge in [-0.15, -0.1) is 0 Å². The molecule has 4 heteroatoms. The maximum atomic E-state index is 13.4. The van der Waals surface area contributed by atoms with E-state index < -0.39 is 11.3 Å². The molecule has 0 spiro atoms. The molecule has 4 rings (SSSR count). The quantitative estimate of drug-likeness (QED) is 0.250. The van der Waals surface area contributed by atoms with E-state index in [0.717, 1.165) is 47.9 Å². The Kier molecular flexibility index (Phi) is 9.05. The third-order valence-corrected chi connectivity index (χ3v) is 7.56. The summed E-state index contributed by atoms with van der Waals surface area (Å²) in [6, 6.07) is 28.1. The van der Waals surface area contributed by atoms with Crippen molar-refractivity contribution >= 4 is 17.5 Å². The molecular formula is C33H36O4. The Morgan fingerprint density at radius 2 is 1.38 bits per heavy atom. The number of Topliss-reactive ketones (excluding diaryl/α,β-unsaturated/α-hetero) is 2. The first kappa shape index (κ1) is 26.5. The second kappa shape index (κ2) is 12.6. The molecule has 0 aliphatic heterocycles. The number of hydrogen-bond acceptors (Lipinski definition) is 4. The van der Waals surface area contributed by atoms with Gasteiger partial charge < -0.3 is 4.74 Å². The average molecular weight is 497 g/mol. The van der Waals surface area contributed by atoms with Gasteiger partial charge in [-0.25, -0.2) is 0 Å². The Hall–Kier alpha value is -3.53. The molecule has 0 radical (unpaired) electrons. The van der Waals surface area contributed by atoms with E-state index >= 15 is 0 Å². The molecule has 37 heavy (non-hydrogen) atoms. The molecule has 1 saturated carbocycles. The van der Waals surface area contributed by atoms with Gasteiger partial charge in [-0.3, -0.25) is 14.4 Å². The van der Waals surface area contributed by atoms with Crippen LogP contribution in [0.25, 0.3) is 11.1 Å². The molecule has 1 aliphatic carbocycles. The lowest BCUT2D eigenvalue weighted by atomic mass is 9.75. The first-order valence-electron chi connectivity index (χ1n) is 13.3. The molecule has 0 bridgehead atoms. The molecule has 1 fully saturated rings. The van der Waals surface area contributed by atoms with Crippen molar-refractivity contribution in [2.24, 2.45) is 11.3 Å². The molecule has 0 amide bonds. The molecule has 0 aromatic heterocycles. The van der Waals surface area contributed by atoms with Crippen molar-refractivity contribution in [1.29, 1.82) is 0 Å². The van der Waals surface area contributed by atoms with Gasteiger partial charge in [0, 0.05) is 18.3 Å². The fourth-order valence-corrected chi connectivity index (χ4v) is 5.55. The number of rotatable bonds is 12. The van der Waals surface area contributed by atoms with Gasteiger partial charge in [0.1, 0.15) is 18.2 Å². The molecule has 1 atom stereocenters. The maximum Gasteiger partial charge on any atom is 0.309 e. The zero-order valence-corrected chi connectivity index (χ0v) is 21.7. The largest absolute Gasteiger partial charge is 0.461 e. The summed E-state index contributed by atoms with van der Waals surface area (Å²) in [5.41, 5.74) is 3.69. The lowest BCUT2D eigenvalue weighted by molar-refractivity contribution is -0.150. The summed E-state index contributed by atoms with van der Waals surface area (Å²) < 4.78 is 5.70. The fourth-order valence-electron chi connectivity index (χ4n) is 5.55. The number of benzene rings is 3. The van der Waals surface area contributed by atoms with Crippen LogP contribution < -0.4 is 0 Å². The zero-order valence-electron chi connectivity index (χ0n) is 21.7. The minimum atomic E-state index is -0.540. The van der Waals surface area contributed by atoms with E-state index in [4.69, 9.17) is 4.74 Å². The molecular weight excluding hydrogens is 460 g/mol. The number of ether oxygens (including phenoxy) is 1. The average Bonchev–Trinajstić information content (AvgIpc) is 3.40. The van der Waals surface area contributed by atoms with E-state index in [9.17, 15) is 14.4 Å². The van der Waals surface area contributed by atoms with E-state index in [-0.39, 0.29) is 24.1 Å². The highest BCUT2D eigenvalue weighted by Crippen LogP contribution is 2.43. The first-order chi connectivity index (χ1) is 17.9. The standard InChI is InChI=1S/C33H36O4/c1-25(34)23-33(20-8-9-21-33)31(35)19-18-30(32(36)37-24-27-10-4-2-5-11-27)22-26-14-16-29(17-15-26)28-12-6-3-7-13-28/h2-7,10-17,30H,8-9,18-24H2,1H3. The first-order valence-corrected chi connectivity index (χ1v) is 13.3. The molecule has 0 heterocycles.